The normalized spacial score (nSPS) is 13.3. The highest BCUT2D eigenvalue weighted by atomic mass is 19.4. The average molecular weight is 548 g/mol. The van der Waals surface area contributed by atoms with Gasteiger partial charge in [-0.15, -0.1) is 0 Å². The number of carbonyl (C=O) groups is 3. The number of para-hydroxylation sites is 1. The van der Waals surface area contributed by atoms with Crippen molar-refractivity contribution in [1.29, 1.82) is 0 Å². The highest BCUT2D eigenvalue weighted by Gasteiger charge is 2.38. The molecule has 1 amide bonds. The van der Waals surface area contributed by atoms with Crippen molar-refractivity contribution < 1.29 is 42.2 Å². The molecule has 0 radical (unpaired) electrons. The summed E-state index contributed by atoms with van der Waals surface area (Å²) in [5.41, 5.74) is 3.31. The van der Waals surface area contributed by atoms with E-state index in [1.165, 1.54) is 18.2 Å². The SMILES string of the molecule is Cc1cccc(C(=O)Nc2cc(C(=O)O)ccc2N2CCN(c3ccccc3F)CC2)c1.O=C(O)C(F)(F)F. The lowest BCUT2D eigenvalue weighted by Crippen LogP contribution is -2.47. The fraction of sp³-hybridized carbons (Fsp3) is 0.222. The van der Waals surface area contributed by atoms with Crippen LogP contribution in [-0.4, -0.2) is 60.4 Å². The van der Waals surface area contributed by atoms with Crippen molar-refractivity contribution >= 4 is 34.9 Å². The van der Waals surface area contributed by atoms with E-state index in [1.807, 2.05) is 24.0 Å². The molecule has 0 unspecified atom stereocenters. The molecule has 0 saturated carbocycles. The average Bonchev–Trinajstić information content (AvgIpc) is 2.89. The number of aromatic carboxylic acids is 1. The summed E-state index contributed by atoms with van der Waals surface area (Å²) in [6, 6.07) is 18.6. The van der Waals surface area contributed by atoms with Crippen LogP contribution in [-0.2, 0) is 4.79 Å². The molecule has 39 heavy (non-hydrogen) atoms. The molecule has 3 N–H and O–H groups in total. The Labute approximate surface area is 221 Å². The maximum absolute atomic E-state index is 14.2. The van der Waals surface area contributed by atoms with E-state index in [9.17, 15) is 32.3 Å². The summed E-state index contributed by atoms with van der Waals surface area (Å²) in [7, 11) is 0. The first kappa shape index (κ1) is 29.0. The Hall–Kier alpha value is -4.61. The maximum atomic E-state index is 14.2. The van der Waals surface area contributed by atoms with Gasteiger partial charge >= 0.3 is 18.1 Å². The van der Waals surface area contributed by atoms with E-state index in [0.29, 0.717) is 43.1 Å². The van der Waals surface area contributed by atoms with Crippen LogP contribution in [0, 0.1) is 12.7 Å². The van der Waals surface area contributed by atoms with Gasteiger partial charge in [-0.05, 0) is 49.4 Å². The summed E-state index contributed by atoms with van der Waals surface area (Å²) in [6.07, 6.45) is -5.08. The van der Waals surface area contributed by atoms with Crippen molar-refractivity contribution in [1.82, 2.24) is 0 Å². The third-order valence-electron chi connectivity index (χ3n) is 5.83. The molecule has 1 aliphatic heterocycles. The zero-order valence-electron chi connectivity index (χ0n) is 20.7. The summed E-state index contributed by atoms with van der Waals surface area (Å²) >= 11 is 0. The van der Waals surface area contributed by atoms with Gasteiger partial charge in [0.05, 0.1) is 22.6 Å². The van der Waals surface area contributed by atoms with Crippen molar-refractivity contribution in [2.24, 2.45) is 0 Å². The summed E-state index contributed by atoms with van der Waals surface area (Å²) in [5.74, 6) is -4.38. The van der Waals surface area contributed by atoms with Crippen LogP contribution in [0.5, 0.6) is 0 Å². The number of aryl methyl sites for hydroxylation is 1. The Morgan fingerprint density at radius 2 is 1.38 bits per heavy atom. The number of carboxylic acid groups (broad SMARTS) is 2. The number of alkyl halides is 3. The topological polar surface area (TPSA) is 110 Å². The van der Waals surface area contributed by atoms with Crippen LogP contribution < -0.4 is 15.1 Å². The first-order valence-corrected chi connectivity index (χ1v) is 11.7. The molecule has 0 spiro atoms. The number of carboxylic acids is 2. The minimum Gasteiger partial charge on any atom is -0.478 e. The molecule has 12 heteroatoms. The van der Waals surface area contributed by atoms with Gasteiger partial charge in [0.2, 0.25) is 0 Å². The monoisotopic (exact) mass is 547 g/mol. The van der Waals surface area contributed by atoms with Crippen LogP contribution in [0.15, 0.2) is 66.7 Å². The standard InChI is InChI=1S/C25H24FN3O3.C2HF3O2/c1-17-5-4-6-18(15-17)24(30)27-21-16-19(25(31)32)9-10-23(21)29-13-11-28(12-14-29)22-8-3-2-7-20(22)26;3-2(4,5)1(6)7/h2-10,15-16H,11-14H2,1H3,(H,27,30)(H,31,32);(H,6,7). The van der Waals surface area contributed by atoms with Gasteiger partial charge in [-0.25, -0.2) is 14.0 Å². The summed E-state index contributed by atoms with van der Waals surface area (Å²) in [6.45, 7) is 4.32. The molecule has 0 bridgehead atoms. The first-order chi connectivity index (χ1) is 18.4. The van der Waals surface area contributed by atoms with E-state index in [4.69, 9.17) is 9.90 Å². The summed E-state index contributed by atoms with van der Waals surface area (Å²) in [5, 5.41) is 19.4. The second-order valence-electron chi connectivity index (χ2n) is 8.59. The maximum Gasteiger partial charge on any atom is 0.490 e. The molecule has 1 fully saturated rings. The second kappa shape index (κ2) is 12.3. The molecule has 1 saturated heterocycles. The number of hydrogen-bond donors (Lipinski definition) is 3. The fourth-order valence-corrected chi connectivity index (χ4v) is 3.92. The Balaban J connectivity index is 0.000000532. The Kier molecular flexibility index (Phi) is 9.12. The lowest BCUT2D eigenvalue weighted by atomic mass is 10.1. The van der Waals surface area contributed by atoms with Gasteiger partial charge in [-0.3, -0.25) is 4.79 Å². The van der Waals surface area contributed by atoms with Gasteiger partial charge in [0, 0.05) is 31.7 Å². The number of benzene rings is 3. The van der Waals surface area contributed by atoms with Crippen LogP contribution in [0.25, 0.3) is 0 Å². The molecule has 1 heterocycles. The van der Waals surface area contributed by atoms with E-state index in [1.54, 1.807) is 36.4 Å². The third kappa shape index (κ3) is 7.69. The number of piperazine rings is 1. The van der Waals surface area contributed by atoms with Crippen molar-refractivity contribution in [3.05, 3.63) is 89.2 Å². The number of nitrogens with one attached hydrogen (secondary N) is 1. The summed E-state index contributed by atoms with van der Waals surface area (Å²) in [4.78, 5) is 37.3. The first-order valence-electron chi connectivity index (χ1n) is 11.7. The number of hydrogen-bond acceptors (Lipinski definition) is 5. The molecule has 8 nitrogen and oxygen atoms in total. The van der Waals surface area contributed by atoms with Crippen molar-refractivity contribution in [2.75, 3.05) is 41.3 Å². The molecular weight excluding hydrogens is 522 g/mol. The Bertz CT molecular complexity index is 1360. The molecule has 1 aliphatic rings. The Morgan fingerprint density at radius 3 is 1.92 bits per heavy atom. The highest BCUT2D eigenvalue weighted by Crippen LogP contribution is 2.30. The number of amides is 1. The van der Waals surface area contributed by atoms with E-state index < -0.39 is 18.1 Å². The van der Waals surface area contributed by atoms with E-state index in [0.717, 1.165) is 11.3 Å². The number of nitrogens with zero attached hydrogens (tertiary/aromatic N) is 2. The largest absolute Gasteiger partial charge is 0.490 e. The minimum atomic E-state index is -5.08. The smallest absolute Gasteiger partial charge is 0.478 e. The van der Waals surface area contributed by atoms with Gasteiger partial charge in [-0.1, -0.05) is 29.8 Å². The van der Waals surface area contributed by atoms with E-state index in [-0.39, 0.29) is 17.3 Å². The van der Waals surface area contributed by atoms with Crippen LogP contribution in [0.2, 0.25) is 0 Å². The molecule has 0 aromatic heterocycles. The third-order valence-corrected chi connectivity index (χ3v) is 5.83. The molecule has 0 aliphatic carbocycles. The highest BCUT2D eigenvalue weighted by molar-refractivity contribution is 6.07. The predicted molar refractivity (Wildman–Crippen MR) is 137 cm³/mol. The number of aliphatic carboxylic acids is 1. The number of rotatable bonds is 5. The zero-order valence-corrected chi connectivity index (χ0v) is 20.7. The lowest BCUT2D eigenvalue weighted by molar-refractivity contribution is -0.192. The molecule has 206 valence electrons. The van der Waals surface area contributed by atoms with Crippen LogP contribution in [0.1, 0.15) is 26.3 Å². The molecule has 0 atom stereocenters. The molecular formula is C27H25F4N3O5. The van der Waals surface area contributed by atoms with Crippen molar-refractivity contribution in [3.63, 3.8) is 0 Å². The van der Waals surface area contributed by atoms with Crippen LogP contribution in [0.3, 0.4) is 0 Å². The zero-order chi connectivity index (χ0) is 28.7. The van der Waals surface area contributed by atoms with Crippen molar-refractivity contribution in [2.45, 2.75) is 13.1 Å². The number of carbonyl (C=O) groups excluding carboxylic acids is 1. The quantitative estimate of drug-likeness (QED) is 0.384. The predicted octanol–water partition coefficient (Wildman–Crippen LogP) is 5.04. The van der Waals surface area contributed by atoms with E-state index >= 15 is 0 Å². The lowest BCUT2D eigenvalue weighted by Gasteiger charge is -2.38. The minimum absolute atomic E-state index is 0.0956. The van der Waals surface area contributed by atoms with Gasteiger partial charge in [0.15, 0.2) is 0 Å². The van der Waals surface area contributed by atoms with Crippen LogP contribution in [0.4, 0.5) is 34.6 Å². The van der Waals surface area contributed by atoms with Gasteiger partial charge in [-0.2, -0.15) is 13.2 Å². The molecule has 4 rings (SSSR count). The number of halogens is 4. The van der Waals surface area contributed by atoms with Gasteiger partial charge in [0.25, 0.3) is 5.91 Å². The molecule has 3 aromatic rings. The fourth-order valence-electron chi connectivity index (χ4n) is 3.92. The summed E-state index contributed by atoms with van der Waals surface area (Å²) < 4.78 is 45.9. The Morgan fingerprint density at radius 1 is 0.795 bits per heavy atom. The van der Waals surface area contributed by atoms with Crippen molar-refractivity contribution in [3.8, 4) is 0 Å². The van der Waals surface area contributed by atoms with Crippen LogP contribution >= 0.6 is 0 Å². The number of anilines is 3. The van der Waals surface area contributed by atoms with Gasteiger partial charge < -0.3 is 25.3 Å². The molecule has 3 aromatic carbocycles. The van der Waals surface area contributed by atoms with E-state index in [2.05, 4.69) is 10.2 Å². The second-order valence-corrected chi connectivity index (χ2v) is 8.59. The van der Waals surface area contributed by atoms with Gasteiger partial charge in [0.1, 0.15) is 5.82 Å².